The van der Waals surface area contributed by atoms with Gasteiger partial charge in [-0.05, 0) is 18.7 Å². The van der Waals surface area contributed by atoms with Crippen molar-refractivity contribution < 1.29 is 13.2 Å². The molecule has 0 bridgehead atoms. The number of alkyl halides is 3. The maximum absolute atomic E-state index is 12.7. The van der Waals surface area contributed by atoms with E-state index in [1.54, 1.807) is 0 Å². The molecule has 0 aromatic heterocycles. The van der Waals surface area contributed by atoms with Gasteiger partial charge in [0.25, 0.3) is 6.69 Å². The molecular formula is C8H5Cl4F3Si. The van der Waals surface area contributed by atoms with Crippen molar-refractivity contribution in [2.75, 3.05) is 0 Å². The van der Waals surface area contributed by atoms with Crippen LogP contribution < -0.4 is 5.19 Å². The molecule has 0 nitrogen and oxygen atoms in total. The Morgan fingerprint density at radius 1 is 1.12 bits per heavy atom. The van der Waals surface area contributed by atoms with Gasteiger partial charge < -0.3 is 0 Å². The Balaban J connectivity index is 3.58. The van der Waals surface area contributed by atoms with Crippen molar-refractivity contribution in [2.24, 2.45) is 0 Å². The van der Waals surface area contributed by atoms with E-state index < -0.39 is 18.4 Å². The minimum Gasteiger partial charge on any atom is -0.166 e. The molecule has 0 aliphatic rings. The summed E-state index contributed by atoms with van der Waals surface area (Å²) in [6, 6.07) is 1.97. The first-order valence-electron chi connectivity index (χ1n) is 3.98. The van der Waals surface area contributed by atoms with Crippen molar-refractivity contribution in [1.82, 2.24) is 0 Å². The van der Waals surface area contributed by atoms with Crippen LogP contribution in [-0.4, -0.2) is 6.69 Å². The zero-order chi connectivity index (χ0) is 12.7. The first kappa shape index (κ1) is 14.4. The maximum Gasteiger partial charge on any atom is 0.416 e. The minimum atomic E-state index is -4.58. The average molecular weight is 328 g/mol. The molecule has 16 heavy (non-hydrogen) atoms. The summed E-state index contributed by atoms with van der Waals surface area (Å²) >= 11 is 22.8. The SMILES string of the molecule is C[Si](Cl)(Cl)c1c(Cl)cc(Cl)cc1C(F)(F)F. The van der Waals surface area contributed by atoms with Gasteiger partial charge in [-0.25, -0.2) is 0 Å². The van der Waals surface area contributed by atoms with Gasteiger partial charge in [-0.3, -0.25) is 0 Å². The van der Waals surface area contributed by atoms with Gasteiger partial charge in [0, 0.05) is 15.2 Å². The molecular weight excluding hydrogens is 323 g/mol. The van der Waals surface area contributed by atoms with Gasteiger partial charge in [0.15, 0.2) is 0 Å². The topological polar surface area (TPSA) is 0 Å². The Labute approximate surface area is 111 Å². The molecule has 0 aliphatic heterocycles. The van der Waals surface area contributed by atoms with Crippen LogP contribution in [0.1, 0.15) is 5.56 Å². The van der Waals surface area contributed by atoms with Crippen molar-refractivity contribution in [3.63, 3.8) is 0 Å². The van der Waals surface area contributed by atoms with Gasteiger partial charge >= 0.3 is 6.18 Å². The fourth-order valence-corrected chi connectivity index (χ4v) is 4.99. The molecule has 0 radical (unpaired) electrons. The Bertz CT molecular complexity index is 411. The van der Waals surface area contributed by atoms with Crippen LogP contribution in [0.5, 0.6) is 0 Å². The second-order valence-corrected chi connectivity index (χ2v) is 11.4. The molecule has 0 fully saturated rings. The van der Waals surface area contributed by atoms with Crippen molar-refractivity contribution >= 4 is 57.2 Å². The Morgan fingerprint density at radius 3 is 2.00 bits per heavy atom. The van der Waals surface area contributed by atoms with Crippen LogP contribution in [0.4, 0.5) is 13.2 Å². The second-order valence-electron chi connectivity index (χ2n) is 3.20. The van der Waals surface area contributed by atoms with Gasteiger partial charge in [0.05, 0.1) is 5.56 Å². The standard InChI is InChI=1S/C8H5Cl4F3Si/c1-16(11,12)7-5(8(13,14)15)2-4(9)3-6(7)10/h2-3H,1H3. The molecule has 0 atom stereocenters. The van der Waals surface area contributed by atoms with E-state index in [0.29, 0.717) is 0 Å². The van der Waals surface area contributed by atoms with Crippen LogP contribution in [0.25, 0.3) is 0 Å². The summed E-state index contributed by atoms with van der Waals surface area (Å²) in [5.74, 6) is 0. The van der Waals surface area contributed by atoms with E-state index >= 15 is 0 Å². The molecule has 0 heterocycles. The lowest BCUT2D eigenvalue weighted by Gasteiger charge is -2.20. The van der Waals surface area contributed by atoms with E-state index in [9.17, 15) is 13.2 Å². The Kier molecular flexibility index (Phi) is 4.13. The van der Waals surface area contributed by atoms with Gasteiger partial charge in [-0.15, -0.1) is 22.2 Å². The predicted octanol–water partition coefficient (Wildman–Crippen LogP) is 4.77. The molecule has 1 aromatic carbocycles. The van der Waals surface area contributed by atoms with E-state index in [-0.39, 0.29) is 15.2 Å². The van der Waals surface area contributed by atoms with Crippen LogP contribution in [0.3, 0.4) is 0 Å². The quantitative estimate of drug-likeness (QED) is 0.515. The number of benzene rings is 1. The first-order chi connectivity index (χ1) is 7.03. The molecule has 0 spiro atoms. The van der Waals surface area contributed by atoms with Crippen LogP contribution in [0, 0.1) is 0 Å². The first-order valence-corrected chi connectivity index (χ1v) is 9.26. The summed E-state index contributed by atoms with van der Waals surface area (Å²) in [6.07, 6.45) is -4.58. The predicted molar refractivity (Wildman–Crippen MR) is 64.4 cm³/mol. The Morgan fingerprint density at radius 2 is 1.62 bits per heavy atom. The number of rotatable bonds is 1. The smallest absolute Gasteiger partial charge is 0.166 e. The molecule has 0 amide bonds. The zero-order valence-corrected chi connectivity index (χ0v) is 11.8. The summed E-state index contributed by atoms with van der Waals surface area (Å²) < 4.78 is 38.2. The fraction of sp³-hybridized carbons (Fsp3) is 0.250. The highest BCUT2D eigenvalue weighted by Crippen LogP contribution is 2.35. The third kappa shape index (κ3) is 3.20. The average Bonchev–Trinajstić information content (AvgIpc) is 1.97. The van der Waals surface area contributed by atoms with Gasteiger partial charge in [-0.1, -0.05) is 23.2 Å². The molecule has 0 saturated heterocycles. The summed E-state index contributed by atoms with van der Waals surface area (Å²) in [5, 5.41) is -0.513. The summed E-state index contributed by atoms with van der Waals surface area (Å²) in [7, 11) is 0. The van der Waals surface area contributed by atoms with Crippen LogP contribution in [0.15, 0.2) is 12.1 Å². The lowest BCUT2D eigenvalue weighted by molar-refractivity contribution is -0.136. The third-order valence-electron chi connectivity index (χ3n) is 1.80. The van der Waals surface area contributed by atoms with Crippen molar-refractivity contribution in [3.05, 3.63) is 27.7 Å². The molecule has 0 aliphatic carbocycles. The fourth-order valence-electron chi connectivity index (χ4n) is 1.24. The monoisotopic (exact) mass is 326 g/mol. The van der Waals surface area contributed by atoms with E-state index in [1.807, 2.05) is 0 Å². The molecule has 8 heteroatoms. The van der Waals surface area contributed by atoms with Gasteiger partial charge in [0.2, 0.25) is 0 Å². The van der Waals surface area contributed by atoms with E-state index in [0.717, 1.165) is 6.07 Å². The molecule has 0 unspecified atom stereocenters. The largest absolute Gasteiger partial charge is 0.416 e. The molecule has 90 valence electrons. The molecule has 1 rings (SSSR count). The highest BCUT2D eigenvalue weighted by atomic mass is 35.7. The summed E-state index contributed by atoms with van der Waals surface area (Å²) in [4.78, 5) is 0. The normalized spacial score (nSPS) is 13.0. The number of hydrogen-bond acceptors (Lipinski definition) is 0. The number of hydrogen-bond donors (Lipinski definition) is 0. The molecule has 0 saturated carbocycles. The van der Waals surface area contributed by atoms with E-state index in [2.05, 4.69) is 0 Å². The van der Waals surface area contributed by atoms with Crippen molar-refractivity contribution in [3.8, 4) is 0 Å². The van der Waals surface area contributed by atoms with Crippen molar-refractivity contribution in [1.29, 1.82) is 0 Å². The van der Waals surface area contributed by atoms with Crippen LogP contribution in [0.2, 0.25) is 16.6 Å². The molecule has 1 aromatic rings. The van der Waals surface area contributed by atoms with E-state index in [1.165, 1.54) is 12.6 Å². The summed E-state index contributed by atoms with van der Waals surface area (Å²) in [5.41, 5.74) is -0.968. The van der Waals surface area contributed by atoms with Crippen LogP contribution >= 0.6 is 45.4 Å². The lowest BCUT2D eigenvalue weighted by Crippen LogP contribution is -2.39. The third-order valence-corrected chi connectivity index (χ3v) is 5.02. The van der Waals surface area contributed by atoms with Crippen LogP contribution in [-0.2, 0) is 6.18 Å². The summed E-state index contributed by atoms with van der Waals surface area (Å²) in [6.45, 7) is -1.87. The highest BCUT2D eigenvalue weighted by molar-refractivity contribution is 7.50. The molecule has 0 N–H and O–H groups in total. The number of halogens is 7. The van der Waals surface area contributed by atoms with Crippen molar-refractivity contribution in [2.45, 2.75) is 12.7 Å². The van der Waals surface area contributed by atoms with Gasteiger partial charge in [-0.2, -0.15) is 13.2 Å². The minimum absolute atomic E-state index is 0.104. The second kappa shape index (κ2) is 4.57. The highest BCUT2D eigenvalue weighted by Gasteiger charge is 2.41. The van der Waals surface area contributed by atoms with E-state index in [4.69, 9.17) is 45.4 Å². The lowest BCUT2D eigenvalue weighted by atomic mass is 10.2. The zero-order valence-electron chi connectivity index (χ0n) is 7.80. The van der Waals surface area contributed by atoms with Gasteiger partial charge in [0.1, 0.15) is 0 Å². The Hall–Kier alpha value is 0.387. The maximum atomic E-state index is 12.7.